The Morgan fingerprint density at radius 2 is 2.00 bits per heavy atom. The van der Waals surface area contributed by atoms with Gasteiger partial charge in [-0.1, -0.05) is 0 Å². The molecular weight excluding hydrogens is 416 g/mol. The largest absolute Gasteiger partial charge is 0.462 e. The molecule has 0 radical (unpaired) electrons. The van der Waals surface area contributed by atoms with Gasteiger partial charge in [-0.2, -0.15) is 0 Å². The maximum Gasteiger partial charge on any atom is 0.338 e. The molecule has 0 spiro atoms. The number of aryl methyl sites for hydroxylation is 1. The second-order valence-electron chi connectivity index (χ2n) is 9.16. The third-order valence-corrected chi connectivity index (χ3v) is 6.34. The number of nitrogens with zero attached hydrogens (tertiary/aromatic N) is 1. The van der Waals surface area contributed by atoms with E-state index >= 15 is 0 Å². The van der Waals surface area contributed by atoms with Crippen molar-refractivity contribution in [2.24, 2.45) is 0 Å². The highest BCUT2D eigenvalue weighted by molar-refractivity contribution is 5.93. The maximum atomic E-state index is 12.4. The second kappa shape index (κ2) is 8.64. The van der Waals surface area contributed by atoms with Crippen LogP contribution in [0.3, 0.4) is 0 Å². The number of hydrogen-bond donors (Lipinski definition) is 3. The molecule has 5 atom stereocenters. The van der Waals surface area contributed by atoms with Crippen molar-refractivity contribution in [3.63, 3.8) is 0 Å². The van der Waals surface area contributed by atoms with Crippen molar-refractivity contribution in [1.82, 2.24) is 5.32 Å². The lowest BCUT2D eigenvalue weighted by Gasteiger charge is -2.46. The van der Waals surface area contributed by atoms with E-state index < -0.39 is 35.8 Å². The van der Waals surface area contributed by atoms with Crippen LogP contribution in [0.2, 0.25) is 0 Å². The lowest BCUT2D eigenvalue weighted by Crippen LogP contribution is -2.63. The molecule has 2 fully saturated rings. The fraction of sp³-hybridized carbons (Fsp3) is 0.609. The molecule has 2 aromatic rings. The van der Waals surface area contributed by atoms with Crippen LogP contribution in [-0.2, 0) is 9.47 Å². The average Bonchev–Trinajstić information content (AvgIpc) is 2.73. The molecular formula is C23H32N2O7. The van der Waals surface area contributed by atoms with E-state index in [1.165, 1.54) is 13.2 Å². The van der Waals surface area contributed by atoms with E-state index in [2.05, 4.69) is 17.1 Å². The maximum absolute atomic E-state index is 12.4. The fourth-order valence-corrected chi connectivity index (χ4v) is 4.70. The summed E-state index contributed by atoms with van der Waals surface area (Å²) in [5.41, 5.74) is 0.541. The SMILES string of the molecule is CO[C@@H]1[C@@H](O)[C@@H](O)[C@H](Oc2ccc3c(N4CCNC(C)C4)cc(=O)oc3c2C)OC1(C)C. The summed E-state index contributed by atoms with van der Waals surface area (Å²) in [4.78, 5) is 14.5. The van der Waals surface area contributed by atoms with Gasteiger partial charge >= 0.3 is 5.63 Å². The summed E-state index contributed by atoms with van der Waals surface area (Å²) in [5, 5.41) is 25.3. The Bertz CT molecular complexity index is 1040. The lowest BCUT2D eigenvalue weighted by atomic mass is 9.89. The molecule has 32 heavy (non-hydrogen) atoms. The van der Waals surface area contributed by atoms with Crippen LogP contribution >= 0.6 is 0 Å². The smallest absolute Gasteiger partial charge is 0.338 e. The summed E-state index contributed by atoms with van der Waals surface area (Å²) in [6.45, 7) is 9.83. The molecule has 1 unspecified atom stereocenters. The first kappa shape index (κ1) is 23.0. The zero-order chi connectivity index (χ0) is 23.2. The van der Waals surface area contributed by atoms with E-state index in [4.69, 9.17) is 18.6 Å². The van der Waals surface area contributed by atoms with Gasteiger partial charge in [0.2, 0.25) is 6.29 Å². The fourth-order valence-electron chi connectivity index (χ4n) is 4.70. The first-order chi connectivity index (χ1) is 15.1. The Balaban J connectivity index is 1.68. The molecule has 2 aliphatic heterocycles. The van der Waals surface area contributed by atoms with E-state index in [1.54, 1.807) is 26.8 Å². The van der Waals surface area contributed by atoms with Gasteiger partial charge in [0.25, 0.3) is 0 Å². The second-order valence-corrected chi connectivity index (χ2v) is 9.16. The van der Waals surface area contributed by atoms with Gasteiger partial charge in [0.05, 0.1) is 11.3 Å². The summed E-state index contributed by atoms with van der Waals surface area (Å²) in [6.07, 6.45) is -4.33. The van der Waals surface area contributed by atoms with Crippen LogP contribution in [0, 0.1) is 6.92 Å². The molecule has 0 amide bonds. The number of aliphatic hydroxyl groups excluding tert-OH is 2. The number of piperazine rings is 1. The monoisotopic (exact) mass is 448 g/mol. The third kappa shape index (κ3) is 4.11. The van der Waals surface area contributed by atoms with Crippen molar-refractivity contribution in [3.8, 4) is 5.75 Å². The van der Waals surface area contributed by atoms with Gasteiger partial charge in [-0.3, -0.25) is 0 Å². The summed E-state index contributed by atoms with van der Waals surface area (Å²) >= 11 is 0. The first-order valence-corrected chi connectivity index (χ1v) is 10.9. The molecule has 2 aliphatic rings. The number of hydrogen-bond acceptors (Lipinski definition) is 9. The number of methoxy groups -OCH3 is 1. The van der Waals surface area contributed by atoms with Crippen LogP contribution in [0.5, 0.6) is 5.75 Å². The van der Waals surface area contributed by atoms with Crippen molar-refractivity contribution in [3.05, 3.63) is 34.2 Å². The van der Waals surface area contributed by atoms with Crippen LogP contribution in [0.25, 0.3) is 11.0 Å². The minimum absolute atomic E-state index is 0.311. The summed E-state index contributed by atoms with van der Waals surface area (Å²) < 4.78 is 22.8. The van der Waals surface area contributed by atoms with Gasteiger partial charge in [-0.25, -0.2) is 4.79 Å². The molecule has 176 valence electrons. The van der Waals surface area contributed by atoms with Crippen molar-refractivity contribution in [2.45, 2.75) is 63.9 Å². The highest BCUT2D eigenvalue weighted by Crippen LogP contribution is 2.36. The van der Waals surface area contributed by atoms with Gasteiger partial charge < -0.3 is 39.1 Å². The quantitative estimate of drug-likeness (QED) is 0.593. The Hall–Kier alpha value is -2.17. The Labute approximate surface area is 186 Å². The summed E-state index contributed by atoms with van der Waals surface area (Å²) in [5.74, 6) is 0.398. The molecule has 9 nitrogen and oxygen atoms in total. The molecule has 3 heterocycles. The molecule has 0 bridgehead atoms. The van der Waals surface area contributed by atoms with Gasteiger partial charge in [0, 0.05) is 49.8 Å². The minimum atomic E-state index is -1.32. The highest BCUT2D eigenvalue weighted by atomic mass is 16.7. The van der Waals surface area contributed by atoms with Crippen LogP contribution in [0.1, 0.15) is 26.3 Å². The Kier molecular flexibility index (Phi) is 6.21. The van der Waals surface area contributed by atoms with Gasteiger partial charge in [-0.05, 0) is 39.8 Å². The van der Waals surface area contributed by atoms with Crippen molar-refractivity contribution in [1.29, 1.82) is 0 Å². The number of nitrogens with one attached hydrogen (secondary N) is 1. The van der Waals surface area contributed by atoms with Gasteiger partial charge in [-0.15, -0.1) is 0 Å². The molecule has 4 rings (SSSR count). The molecule has 0 saturated carbocycles. The lowest BCUT2D eigenvalue weighted by molar-refractivity contribution is -0.306. The number of ether oxygens (including phenoxy) is 3. The topological polar surface area (TPSA) is 114 Å². The number of aliphatic hydroxyl groups is 2. The molecule has 0 aliphatic carbocycles. The summed E-state index contributed by atoms with van der Waals surface area (Å²) in [7, 11) is 1.46. The molecule has 1 aromatic carbocycles. The normalized spacial score (nSPS) is 30.5. The zero-order valence-electron chi connectivity index (χ0n) is 19.1. The van der Waals surface area contributed by atoms with Crippen molar-refractivity contribution in [2.75, 3.05) is 31.6 Å². The summed E-state index contributed by atoms with van der Waals surface area (Å²) in [6, 6.07) is 5.45. The van der Waals surface area contributed by atoms with Crippen LogP contribution in [-0.4, -0.2) is 73.2 Å². The predicted molar refractivity (Wildman–Crippen MR) is 119 cm³/mol. The van der Waals surface area contributed by atoms with E-state index in [0.29, 0.717) is 22.9 Å². The molecule has 3 N–H and O–H groups in total. The molecule has 2 saturated heterocycles. The van der Waals surface area contributed by atoms with Gasteiger partial charge in [0.1, 0.15) is 29.6 Å². The van der Waals surface area contributed by atoms with Crippen LogP contribution in [0.4, 0.5) is 5.69 Å². The number of rotatable bonds is 4. The van der Waals surface area contributed by atoms with E-state index in [1.807, 2.05) is 6.07 Å². The van der Waals surface area contributed by atoms with E-state index in [-0.39, 0.29) is 0 Å². The minimum Gasteiger partial charge on any atom is -0.462 e. The number of fused-ring (bicyclic) bond motifs is 1. The van der Waals surface area contributed by atoms with Crippen LogP contribution in [0.15, 0.2) is 27.4 Å². The van der Waals surface area contributed by atoms with Crippen molar-refractivity contribution >= 4 is 16.7 Å². The number of anilines is 1. The number of benzene rings is 1. The average molecular weight is 449 g/mol. The standard InChI is InChI=1S/C23H32N2O7/c1-12-11-25(9-8-24-12)15-10-17(26)31-20-13(2)16(7-6-14(15)20)30-22-19(28)18(27)21(29-5)23(3,4)32-22/h6-7,10,12,18-19,21-22,24,27-28H,8-9,11H2,1-5H3/t12?,18-,19+,21+,22+/m0/s1. The first-order valence-electron chi connectivity index (χ1n) is 10.9. The highest BCUT2D eigenvalue weighted by Gasteiger charge is 2.50. The third-order valence-electron chi connectivity index (χ3n) is 6.34. The predicted octanol–water partition coefficient (Wildman–Crippen LogP) is 1.15. The van der Waals surface area contributed by atoms with Gasteiger partial charge in [0.15, 0.2) is 0 Å². The molecule has 9 heteroatoms. The van der Waals surface area contributed by atoms with Crippen LogP contribution < -0.4 is 20.6 Å². The Morgan fingerprint density at radius 3 is 2.69 bits per heavy atom. The van der Waals surface area contributed by atoms with E-state index in [9.17, 15) is 15.0 Å². The molecule has 1 aromatic heterocycles. The van der Waals surface area contributed by atoms with Crippen molar-refractivity contribution < 1.29 is 28.8 Å². The van der Waals surface area contributed by atoms with E-state index in [0.717, 1.165) is 30.7 Å². The Morgan fingerprint density at radius 1 is 1.25 bits per heavy atom. The zero-order valence-corrected chi connectivity index (χ0v) is 19.1.